The van der Waals surface area contributed by atoms with Gasteiger partial charge in [-0.15, -0.1) is 5.10 Å². The standard InChI is InChI=1S/C31H35N3O4/c1-4-6-12-29-32-34(27-11-8-7-10-22(27)3)31(37)33(29)20-24-15-18-28(26(19-24)9-5-2)38-21-23-13-16-25(17-14-23)30(35)36/h7-8,10-11,13-19H,4-6,9,12,20-21H2,1-3H3,(H,35,36). The van der Waals surface area contributed by atoms with Crippen LogP contribution in [0.5, 0.6) is 5.75 Å². The van der Waals surface area contributed by atoms with Gasteiger partial charge in [0, 0.05) is 6.42 Å². The molecule has 0 spiro atoms. The minimum Gasteiger partial charge on any atom is -0.489 e. The lowest BCUT2D eigenvalue weighted by Gasteiger charge is -2.14. The predicted molar refractivity (Wildman–Crippen MR) is 148 cm³/mol. The van der Waals surface area contributed by atoms with Crippen molar-refractivity contribution in [3.05, 3.63) is 111 Å². The second-order valence-corrected chi connectivity index (χ2v) is 9.57. The Bertz CT molecular complexity index is 1450. The molecule has 4 aromatic rings. The lowest BCUT2D eigenvalue weighted by Crippen LogP contribution is -2.25. The molecule has 1 aromatic heterocycles. The van der Waals surface area contributed by atoms with Gasteiger partial charge in [-0.1, -0.05) is 69.2 Å². The fourth-order valence-electron chi connectivity index (χ4n) is 4.50. The number of carbonyl (C=O) groups is 1. The van der Waals surface area contributed by atoms with Crippen LogP contribution < -0.4 is 10.4 Å². The Balaban J connectivity index is 1.59. The molecule has 0 aliphatic carbocycles. The molecule has 0 atom stereocenters. The van der Waals surface area contributed by atoms with E-state index in [-0.39, 0.29) is 11.3 Å². The van der Waals surface area contributed by atoms with Crippen LogP contribution >= 0.6 is 0 Å². The number of aromatic carboxylic acids is 1. The van der Waals surface area contributed by atoms with E-state index >= 15 is 0 Å². The number of aromatic nitrogens is 3. The molecule has 0 fully saturated rings. The minimum atomic E-state index is -0.945. The molecule has 0 radical (unpaired) electrons. The Hall–Kier alpha value is -4.13. The van der Waals surface area contributed by atoms with Crippen molar-refractivity contribution in [1.29, 1.82) is 0 Å². The first-order valence-corrected chi connectivity index (χ1v) is 13.2. The number of unbranched alkanes of at least 4 members (excludes halogenated alkanes) is 1. The highest BCUT2D eigenvalue weighted by molar-refractivity contribution is 5.87. The molecule has 1 N–H and O–H groups in total. The topological polar surface area (TPSA) is 86.4 Å². The second-order valence-electron chi connectivity index (χ2n) is 9.57. The Kier molecular flexibility index (Phi) is 8.79. The normalized spacial score (nSPS) is 11.0. The molecule has 0 saturated carbocycles. The molecule has 3 aromatic carbocycles. The SMILES string of the molecule is CCCCc1nn(-c2ccccc2C)c(=O)n1Cc1ccc(OCc2ccc(C(=O)O)cc2)c(CCC)c1. The van der Waals surface area contributed by atoms with Crippen LogP contribution in [0.2, 0.25) is 0 Å². The summed E-state index contributed by atoms with van der Waals surface area (Å²) < 4.78 is 9.44. The van der Waals surface area contributed by atoms with E-state index in [0.29, 0.717) is 13.2 Å². The molecular formula is C31H35N3O4. The Labute approximate surface area is 223 Å². The Morgan fingerprint density at radius 1 is 0.947 bits per heavy atom. The molecule has 0 bridgehead atoms. The molecule has 38 heavy (non-hydrogen) atoms. The summed E-state index contributed by atoms with van der Waals surface area (Å²) in [4.78, 5) is 24.6. The maximum atomic E-state index is 13.5. The third kappa shape index (κ3) is 6.22. The fraction of sp³-hybridized carbons (Fsp3) is 0.323. The largest absolute Gasteiger partial charge is 0.489 e. The molecule has 198 valence electrons. The van der Waals surface area contributed by atoms with Crippen LogP contribution in [-0.2, 0) is 26.0 Å². The van der Waals surface area contributed by atoms with E-state index in [0.717, 1.165) is 71.6 Å². The summed E-state index contributed by atoms with van der Waals surface area (Å²) in [5, 5.41) is 13.8. The molecule has 0 unspecified atom stereocenters. The van der Waals surface area contributed by atoms with Gasteiger partial charge in [-0.25, -0.2) is 9.59 Å². The average molecular weight is 514 g/mol. The number of carboxylic acids is 1. The molecule has 0 amide bonds. The van der Waals surface area contributed by atoms with E-state index in [4.69, 9.17) is 14.9 Å². The monoisotopic (exact) mass is 513 g/mol. The van der Waals surface area contributed by atoms with Gasteiger partial charge in [0.1, 0.15) is 18.2 Å². The number of hydrogen-bond donors (Lipinski definition) is 1. The van der Waals surface area contributed by atoms with E-state index < -0.39 is 5.97 Å². The zero-order valence-corrected chi connectivity index (χ0v) is 22.3. The van der Waals surface area contributed by atoms with E-state index in [1.54, 1.807) is 28.8 Å². The summed E-state index contributed by atoms with van der Waals surface area (Å²) in [6, 6.07) is 20.6. The number of hydrogen-bond acceptors (Lipinski definition) is 4. The quantitative estimate of drug-likeness (QED) is 0.252. The van der Waals surface area contributed by atoms with E-state index in [1.165, 1.54) is 4.68 Å². The Morgan fingerprint density at radius 2 is 1.68 bits per heavy atom. The predicted octanol–water partition coefficient (Wildman–Crippen LogP) is 5.96. The molecular weight excluding hydrogens is 478 g/mol. The van der Waals surface area contributed by atoms with Crippen molar-refractivity contribution < 1.29 is 14.6 Å². The third-order valence-electron chi connectivity index (χ3n) is 6.62. The average Bonchev–Trinajstić information content (AvgIpc) is 3.22. The maximum Gasteiger partial charge on any atom is 0.351 e. The van der Waals surface area contributed by atoms with Gasteiger partial charge in [0.25, 0.3) is 0 Å². The summed E-state index contributed by atoms with van der Waals surface area (Å²) >= 11 is 0. The molecule has 0 aliphatic rings. The van der Waals surface area contributed by atoms with E-state index in [1.807, 2.05) is 43.3 Å². The highest BCUT2D eigenvalue weighted by Crippen LogP contribution is 2.24. The molecule has 1 heterocycles. The zero-order valence-electron chi connectivity index (χ0n) is 22.3. The van der Waals surface area contributed by atoms with Crippen molar-refractivity contribution in [2.45, 2.75) is 66.0 Å². The molecule has 0 saturated heterocycles. The van der Waals surface area contributed by atoms with Gasteiger partial charge in [0.05, 0.1) is 17.8 Å². The Morgan fingerprint density at radius 3 is 2.37 bits per heavy atom. The number of nitrogens with zero attached hydrogens (tertiary/aromatic N) is 3. The minimum absolute atomic E-state index is 0.132. The number of aryl methyl sites for hydroxylation is 3. The van der Waals surface area contributed by atoms with Gasteiger partial charge in [0.2, 0.25) is 0 Å². The van der Waals surface area contributed by atoms with Crippen molar-refractivity contribution in [1.82, 2.24) is 14.3 Å². The highest BCUT2D eigenvalue weighted by atomic mass is 16.5. The van der Waals surface area contributed by atoms with Crippen LogP contribution in [-0.4, -0.2) is 25.4 Å². The molecule has 4 rings (SSSR count). The van der Waals surface area contributed by atoms with E-state index in [9.17, 15) is 9.59 Å². The van der Waals surface area contributed by atoms with Crippen LogP contribution in [0.1, 0.15) is 71.5 Å². The number of carboxylic acid groups (broad SMARTS) is 1. The number of rotatable bonds is 12. The van der Waals surface area contributed by atoms with Crippen LogP contribution in [0, 0.1) is 6.92 Å². The summed E-state index contributed by atoms with van der Waals surface area (Å²) in [6.45, 7) is 7.04. The summed E-state index contributed by atoms with van der Waals surface area (Å²) in [5.74, 6) is 0.647. The maximum absolute atomic E-state index is 13.5. The molecule has 7 nitrogen and oxygen atoms in total. The fourth-order valence-corrected chi connectivity index (χ4v) is 4.50. The van der Waals surface area contributed by atoms with Gasteiger partial charge < -0.3 is 9.84 Å². The van der Waals surface area contributed by atoms with Crippen LogP contribution in [0.15, 0.2) is 71.5 Å². The number of benzene rings is 3. The van der Waals surface area contributed by atoms with Gasteiger partial charge in [0.15, 0.2) is 0 Å². The first-order valence-electron chi connectivity index (χ1n) is 13.2. The second kappa shape index (κ2) is 12.4. The van der Waals surface area contributed by atoms with Crippen LogP contribution in [0.3, 0.4) is 0 Å². The van der Waals surface area contributed by atoms with Gasteiger partial charge in [-0.3, -0.25) is 4.57 Å². The summed E-state index contributed by atoms with van der Waals surface area (Å²) in [5.41, 5.74) is 4.94. The lowest BCUT2D eigenvalue weighted by atomic mass is 10.0. The number of para-hydroxylation sites is 1. The molecule has 0 aliphatic heterocycles. The van der Waals surface area contributed by atoms with Crippen molar-refractivity contribution in [2.75, 3.05) is 0 Å². The van der Waals surface area contributed by atoms with Gasteiger partial charge >= 0.3 is 11.7 Å². The first-order chi connectivity index (χ1) is 18.4. The van der Waals surface area contributed by atoms with Crippen LogP contribution in [0.25, 0.3) is 5.69 Å². The van der Waals surface area contributed by atoms with Gasteiger partial charge in [-0.2, -0.15) is 4.68 Å². The van der Waals surface area contributed by atoms with Crippen molar-refractivity contribution in [3.8, 4) is 11.4 Å². The summed E-state index contributed by atoms with van der Waals surface area (Å²) in [7, 11) is 0. The zero-order chi connectivity index (χ0) is 27.1. The third-order valence-corrected chi connectivity index (χ3v) is 6.62. The smallest absolute Gasteiger partial charge is 0.351 e. The van der Waals surface area contributed by atoms with Crippen molar-refractivity contribution in [3.63, 3.8) is 0 Å². The summed E-state index contributed by atoms with van der Waals surface area (Å²) in [6.07, 6.45) is 4.54. The highest BCUT2D eigenvalue weighted by Gasteiger charge is 2.17. The van der Waals surface area contributed by atoms with Gasteiger partial charge in [-0.05, 0) is 66.3 Å². The van der Waals surface area contributed by atoms with Crippen molar-refractivity contribution >= 4 is 5.97 Å². The molecule has 7 heteroatoms. The van der Waals surface area contributed by atoms with Crippen LogP contribution in [0.4, 0.5) is 0 Å². The lowest BCUT2D eigenvalue weighted by molar-refractivity contribution is 0.0697. The first kappa shape index (κ1) is 26.9. The number of ether oxygens (including phenoxy) is 1. The van der Waals surface area contributed by atoms with E-state index in [2.05, 4.69) is 19.9 Å². The van der Waals surface area contributed by atoms with Crippen molar-refractivity contribution in [2.24, 2.45) is 0 Å².